The van der Waals surface area contributed by atoms with Crippen LogP contribution in [0.15, 0.2) is 72.8 Å². The van der Waals surface area contributed by atoms with Gasteiger partial charge in [-0.3, -0.25) is 9.59 Å². The summed E-state index contributed by atoms with van der Waals surface area (Å²) in [5.41, 5.74) is 4.85. The van der Waals surface area contributed by atoms with Crippen LogP contribution in [0.3, 0.4) is 0 Å². The Labute approximate surface area is 198 Å². The SMILES string of the molecule is C[C@H](NC(=O)[C@H](O)[C@@H](O)C(=O)N1CCc2ccccc2C1)c1ccc(-c2ccc(O)cc2)cc1. The van der Waals surface area contributed by atoms with E-state index in [1.54, 1.807) is 19.1 Å². The predicted molar refractivity (Wildman–Crippen MR) is 128 cm³/mol. The zero-order chi connectivity index (χ0) is 24.2. The van der Waals surface area contributed by atoms with Crippen LogP contribution in [0, 0.1) is 0 Å². The fraction of sp³-hybridized carbons (Fsp3) is 0.259. The van der Waals surface area contributed by atoms with Crippen LogP contribution >= 0.6 is 0 Å². The van der Waals surface area contributed by atoms with Gasteiger partial charge in [0.05, 0.1) is 6.04 Å². The molecule has 0 aromatic heterocycles. The van der Waals surface area contributed by atoms with Crippen molar-refractivity contribution in [1.82, 2.24) is 10.2 Å². The number of rotatable bonds is 6. The molecule has 0 saturated heterocycles. The molecule has 4 rings (SSSR count). The average Bonchev–Trinajstić information content (AvgIpc) is 2.87. The van der Waals surface area contributed by atoms with Crippen molar-refractivity contribution < 1.29 is 24.9 Å². The van der Waals surface area contributed by atoms with E-state index >= 15 is 0 Å². The Morgan fingerprint density at radius 2 is 1.44 bits per heavy atom. The Kier molecular flexibility index (Phi) is 6.95. The first-order valence-electron chi connectivity index (χ1n) is 11.2. The zero-order valence-electron chi connectivity index (χ0n) is 18.9. The third kappa shape index (κ3) is 5.11. The largest absolute Gasteiger partial charge is 0.508 e. The summed E-state index contributed by atoms with van der Waals surface area (Å²) in [6, 6.07) is 21.7. The number of aromatic hydroxyl groups is 1. The minimum absolute atomic E-state index is 0.195. The van der Waals surface area contributed by atoms with Crippen LogP contribution in [0.25, 0.3) is 11.1 Å². The van der Waals surface area contributed by atoms with Crippen molar-refractivity contribution in [3.05, 3.63) is 89.5 Å². The predicted octanol–water partition coefficient (Wildman–Crippen LogP) is 2.54. The van der Waals surface area contributed by atoms with Crippen molar-refractivity contribution in [3.63, 3.8) is 0 Å². The lowest BCUT2D eigenvalue weighted by atomic mass is 9.99. The maximum Gasteiger partial charge on any atom is 0.255 e. The average molecular weight is 461 g/mol. The first kappa shape index (κ1) is 23.5. The first-order valence-corrected chi connectivity index (χ1v) is 11.2. The normalized spacial score (nSPS) is 15.7. The van der Waals surface area contributed by atoms with Gasteiger partial charge in [-0.05, 0) is 53.3 Å². The van der Waals surface area contributed by atoms with Crippen LogP contribution in [0.2, 0.25) is 0 Å². The summed E-state index contributed by atoms with van der Waals surface area (Å²) in [6.07, 6.45) is -3.05. The van der Waals surface area contributed by atoms with E-state index in [0.29, 0.717) is 19.5 Å². The number of phenolic OH excluding ortho intramolecular Hbond substituents is 1. The highest BCUT2D eigenvalue weighted by molar-refractivity contribution is 5.91. The number of carbonyl (C=O) groups excluding carboxylic acids is 2. The molecule has 0 spiro atoms. The molecule has 34 heavy (non-hydrogen) atoms. The van der Waals surface area contributed by atoms with Gasteiger partial charge in [-0.1, -0.05) is 60.7 Å². The number of nitrogens with one attached hydrogen (secondary N) is 1. The Morgan fingerprint density at radius 3 is 2.09 bits per heavy atom. The Morgan fingerprint density at radius 1 is 0.853 bits per heavy atom. The summed E-state index contributed by atoms with van der Waals surface area (Å²) in [5, 5.41) is 32.9. The fourth-order valence-electron chi connectivity index (χ4n) is 4.15. The van der Waals surface area contributed by atoms with Crippen LogP contribution in [0.1, 0.15) is 29.7 Å². The molecule has 1 aliphatic rings. The molecular formula is C27H28N2O5. The molecule has 1 aliphatic heterocycles. The molecule has 7 nitrogen and oxygen atoms in total. The van der Waals surface area contributed by atoms with Gasteiger partial charge in [0.1, 0.15) is 5.75 Å². The lowest BCUT2D eigenvalue weighted by molar-refractivity contribution is -0.154. The van der Waals surface area contributed by atoms with E-state index in [0.717, 1.165) is 27.8 Å². The van der Waals surface area contributed by atoms with E-state index in [4.69, 9.17) is 0 Å². The summed E-state index contributed by atoms with van der Waals surface area (Å²) in [7, 11) is 0. The van der Waals surface area contributed by atoms with Crippen LogP contribution < -0.4 is 5.32 Å². The quantitative estimate of drug-likeness (QED) is 0.452. The molecule has 0 fully saturated rings. The van der Waals surface area contributed by atoms with Gasteiger partial charge in [0.25, 0.3) is 11.8 Å². The van der Waals surface area contributed by atoms with Gasteiger partial charge in [0.2, 0.25) is 0 Å². The number of hydrogen-bond acceptors (Lipinski definition) is 5. The van der Waals surface area contributed by atoms with Crippen molar-refractivity contribution in [2.75, 3.05) is 6.54 Å². The number of aliphatic hydroxyl groups is 2. The molecule has 4 N–H and O–H groups in total. The summed E-state index contributed by atoms with van der Waals surface area (Å²) in [4.78, 5) is 26.7. The molecular weight excluding hydrogens is 432 g/mol. The van der Waals surface area contributed by atoms with E-state index in [1.807, 2.05) is 60.7 Å². The summed E-state index contributed by atoms with van der Waals surface area (Å²) in [5.74, 6) is -1.28. The molecule has 3 aromatic rings. The molecule has 0 bridgehead atoms. The van der Waals surface area contributed by atoms with Gasteiger partial charge < -0.3 is 25.5 Å². The number of amides is 2. The smallest absolute Gasteiger partial charge is 0.255 e. The van der Waals surface area contributed by atoms with E-state index in [-0.39, 0.29) is 5.75 Å². The molecule has 0 saturated carbocycles. The summed E-state index contributed by atoms with van der Waals surface area (Å²) < 4.78 is 0. The van der Waals surface area contributed by atoms with Crippen LogP contribution in [-0.2, 0) is 22.6 Å². The maximum absolute atomic E-state index is 12.7. The molecule has 0 aliphatic carbocycles. The Balaban J connectivity index is 1.35. The minimum atomic E-state index is -1.87. The molecule has 0 unspecified atom stereocenters. The molecule has 0 radical (unpaired) electrons. The second-order valence-electron chi connectivity index (χ2n) is 8.57. The zero-order valence-corrected chi connectivity index (χ0v) is 18.9. The number of aliphatic hydroxyl groups excluding tert-OH is 2. The van der Waals surface area contributed by atoms with Gasteiger partial charge in [0, 0.05) is 13.1 Å². The van der Waals surface area contributed by atoms with Crippen molar-refractivity contribution >= 4 is 11.8 Å². The number of nitrogens with zero attached hydrogens (tertiary/aromatic N) is 1. The van der Waals surface area contributed by atoms with E-state index < -0.39 is 30.1 Å². The highest BCUT2D eigenvalue weighted by Crippen LogP contribution is 2.24. The van der Waals surface area contributed by atoms with E-state index in [1.165, 1.54) is 4.90 Å². The minimum Gasteiger partial charge on any atom is -0.508 e. The number of fused-ring (bicyclic) bond motifs is 1. The van der Waals surface area contributed by atoms with E-state index in [9.17, 15) is 24.9 Å². The number of phenols is 1. The first-order chi connectivity index (χ1) is 16.3. The van der Waals surface area contributed by atoms with Gasteiger partial charge in [0.15, 0.2) is 12.2 Å². The third-order valence-corrected chi connectivity index (χ3v) is 6.23. The topological polar surface area (TPSA) is 110 Å². The Bertz CT molecular complexity index is 1160. The maximum atomic E-state index is 12.7. The molecule has 2 amide bonds. The van der Waals surface area contributed by atoms with Gasteiger partial charge in [-0.2, -0.15) is 0 Å². The number of carbonyl (C=O) groups is 2. The van der Waals surface area contributed by atoms with Gasteiger partial charge in [-0.25, -0.2) is 0 Å². The molecule has 3 atom stereocenters. The highest BCUT2D eigenvalue weighted by Gasteiger charge is 2.35. The third-order valence-electron chi connectivity index (χ3n) is 6.23. The van der Waals surface area contributed by atoms with Gasteiger partial charge in [-0.15, -0.1) is 0 Å². The lowest BCUT2D eigenvalue weighted by Gasteiger charge is -2.31. The molecule has 1 heterocycles. The Hall–Kier alpha value is -3.68. The van der Waals surface area contributed by atoms with E-state index in [2.05, 4.69) is 5.32 Å². The van der Waals surface area contributed by atoms with Crippen molar-refractivity contribution in [2.24, 2.45) is 0 Å². The van der Waals surface area contributed by atoms with Crippen LogP contribution in [0.4, 0.5) is 0 Å². The molecule has 176 valence electrons. The van der Waals surface area contributed by atoms with Crippen molar-refractivity contribution in [1.29, 1.82) is 0 Å². The monoisotopic (exact) mass is 460 g/mol. The number of benzene rings is 3. The molecule has 3 aromatic carbocycles. The standard InChI is InChI=1S/C27H28N2O5/c1-17(18-6-8-20(9-7-18)21-10-12-23(30)13-11-21)28-26(33)24(31)25(32)27(34)29-15-14-19-4-2-3-5-22(19)16-29/h2-13,17,24-25,30-32H,14-16H2,1H3,(H,28,33)/t17-,24+,25+/m0/s1. The van der Waals surface area contributed by atoms with Crippen LogP contribution in [0.5, 0.6) is 5.75 Å². The number of hydrogen-bond donors (Lipinski definition) is 4. The second-order valence-corrected chi connectivity index (χ2v) is 8.57. The van der Waals surface area contributed by atoms with Gasteiger partial charge >= 0.3 is 0 Å². The lowest BCUT2D eigenvalue weighted by Crippen LogP contribution is -2.51. The molecule has 7 heteroatoms. The highest BCUT2D eigenvalue weighted by atomic mass is 16.3. The van der Waals surface area contributed by atoms with Crippen molar-refractivity contribution in [3.8, 4) is 16.9 Å². The summed E-state index contributed by atoms with van der Waals surface area (Å²) in [6.45, 7) is 2.52. The fourth-order valence-corrected chi connectivity index (χ4v) is 4.15. The van der Waals surface area contributed by atoms with Crippen LogP contribution in [-0.4, -0.2) is 50.8 Å². The second kappa shape index (κ2) is 10.1. The summed E-state index contributed by atoms with van der Waals surface area (Å²) >= 11 is 0. The van der Waals surface area contributed by atoms with Crippen molar-refractivity contribution in [2.45, 2.75) is 38.1 Å².